The van der Waals surface area contributed by atoms with E-state index in [9.17, 15) is 4.79 Å². The average molecular weight is 354 g/mol. The van der Waals surface area contributed by atoms with Crippen LogP contribution in [-0.4, -0.2) is 26.4 Å². The molecule has 3 rings (SSSR count). The largest absolute Gasteiger partial charge is 0.493 e. The van der Waals surface area contributed by atoms with E-state index in [-0.39, 0.29) is 25.3 Å². The Hall–Kier alpha value is -3.40. The molecule has 0 unspecified atom stereocenters. The summed E-state index contributed by atoms with van der Waals surface area (Å²) < 4.78 is 21.3. The van der Waals surface area contributed by atoms with Crippen molar-refractivity contribution >= 4 is 5.91 Å². The molecule has 0 fully saturated rings. The number of hydrogen-bond donors (Lipinski definition) is 1. The SMILES string of the molecule is COc1cc(C#N)ccc1OCC(=O)N[C@@H](C)c1ccc2c(c1)OCO2. The highest BCUT2D eigenvalue weighted by molar-refractivity contribution is 5.78. The molecule has 7 heteroatoms. The predicted molar refractivity (Wildman–Crippen MR) is 92.3 cm³/mol. The number of methoxy groups -OCH3 is 1. The number of nitrogens with zero attached hydrogens (tertiary/aromatic N) is 1. The van der Waals surface area contributed by atoms with Crippen LogP contribution in [-0.2, 0) is 4.79 Å². The van der Waals surface area contributed by atoms with Gasteiger partial charge in [0.25, 0.3) is 5.91 Å². The molecule has 1 amide bonds. The van der Waals surface area contributed by atoms with Crippen molar-refractivity contribution in [3.8, 4) is 29.1 Å². The van der Waals surface area contributed by atoms with Crippen molar-refractivity contribution in [2.45, 2.75) is 13.0 Å². The van der Waals surface area contributed by atoms with E-state index in [1.807, 2.05) is 31.2 Å². The maximum atomic E-state index is 12.2. The Labute approximate surface area is 151 Å². The van der Waals surface area contributed by atoms with Gasteiger partial charge in [0.1, 0.15) is 0 Å². The summed E-state index contributed by atoms with van der Waals surface area (Å²) in [6, 6.07) is 12.1. The van der Waals surface area contributed by atoms with E-state index in [2.05, 4.69) is 5.32 Å². The number of hydrogen-bond acceptors (Lipinski definition) is 6. The van der Waals surface area contributed by atoms with Crippen molar-refractivity contribution in [3.63, 3.8) is 0 Å². The molecule has 1 heterocycles. The Morgan fingerprint density at radius 3 is 2.81 bits per heavy atom. The summed E-state index contributed by atoms with van der Waals surface area (Å²) in [5.41, 5.74) is 1.36. The van der Waals surface area contributed by atoms with Gasteiger partial charge in [0.05, 0.1) is 24.8 Å². The molecule has 134 valence electrons. The van der Waals surface area contributed by atoms with Crippen LogP contribution in [0.1, 0.15) is 24.1 Å². The third-order valence-electron chi connectivity index (χ3n) is 3.93. The zero-order chi connectivity index (χ0) is 18.5. The molecule has 0 spiro atoms. The second-order valence-electron chi connectivity index (χ2n) is 5.67. The van der Waals surface area contributed by atoms with Gasteiger partial charge in [-0.1, -0.05) is 6.07 Å². The number of carbonyl (C=O) groups is 1. The lowest BCUT2D eigenvalue weighted by Crippen LogP contribution is -2.31. The first-order chi connectivity index (χ1) is 12.6. The summed E-state index contributed by atoms with van der Waals surface area (Å²) in [6.07, 6.45) is 0. The molecule has 26 heavy (non-hydrogen) atoms. The Kier molecular flexibility index (Phi) is 5.13. The van der Waals surface area contributed by atoms with Crippen molar-refractivity contribution in [2.24, 2.45) is 0 Å². The summed E-state index contributed by atoms with van der Waals surface area (Å²) in [7, 11) is 1.48. The topological polar surface area (TPSA) is 89.8 Å². The fourth-order valence-electron chi connectivity index (χ4n) is 2.55. The van der Waals surface area contributed by atoms with E-state index >= 15 is 0 Å². The number of nitrogens with one attached hydrogen (secondary N) is 1. The second kappa shape index (κ2) is 7.66. The molecule has 7 nitrogen and oxygen atoms in total. The Morgan fingerprint density at radius 1 is 1.23 bits per heavy atom. The van der Waals surface area contributed by atoms with Gasteiger partial charge in [0, 0.05) is 6.07 Å². The summed E-state index contributed by atoms with van der Waals surface area (Å²) in [5, 5.41) is 11.8. The van der Waals surface area contributed by atoms with Gasteiger partial charge in [-0.2, -0.15) is 5.26 Å². The van der Waals surface area contributed by atoms with E-state index in [1.165, 1.54) is 7.11 Å². The fourth-order valence-corrected chi connectivity index (χ4v) is 2.55. The molecule has 1 aliphatic heterocycles. The smallest absolute Gasteiger partial charge is 0.258 e. The highest BCUT2D eigenvalue weighted by Crippen LogP contribution is 2.34. The van der Waals surface area contributed by atoms with E-state index in [1.54, 1.807) is 18.2 Å². The first-order valence-corrected chi connectivity index (χ1v) is 8.00. The maximum Gasteiger partial charge on any atom is 0.258 e. The lowest BCUT2D eigenvalue weighted by molar-refractivity contribution is -0.123. The molecular formula is C19H18N2O5. The van der Waals surface area contributed by atoms with Crippen LogP contribution in [0.4, 0.5) is 0 Å². The number of carbonyl (C=O) groups excluding carboxylic acids is 1. The van der Waals surface area contributed by atoms with Gasteiger partial charge in [0.15, 0.2) is 29.6 Å². The molecule has 2 aromatic rings. The quantitative estimate of drug-likeness (QED) is 0.857. The molecule has 0 radical (unpaired) electrons. The fraction of sp³-hybridized carbons (Fsp3) is 0.263. The maximum absolute atomic E-state index is 12.2. The normalized spacial score (nSPS) is 12.8. The predicted octanol–water partition coefficient (Wildman–Crippen LogP) is 2.55. The van der Waals surface area contributed by atoms with Crippen LogP contribution >= 0.6 is 0 Å². The third kappa shape index (κ3) is 3.81. The van der Waals surface area contributed by atoms with Crippen LogP contribution in [0, 0.1) is 11.3 Å². The summed E-state index contributed by atoms with van der Waals surface area (Å²) in [4.78, 5) is 12.2. The highest BCUT2D eigenvalue weighted by atomic mass is 16.7. The van der Waals surface area contributed by atoms with Crippen molar-refractivity contribution < 1.29 is 23.7 Å². The molecule has 0 aliphatic carbocycles. The average Bonchev–Trinajstić information content (AvgIpc) is 3.13. The van der Waals surface area contributed by atoms with Gasteiger partial charge < -0.3 is 24.3 Å². The van der Waals surface area contributed by atoms with Crippen molar-refractivity contribution in [1.29, 1.82) is 5.26 Å². The minimum absolute atomic E-state index is 0.169. The van der Waals surface area contributed by atoms with Gasteiger partial charge in [0.2, 0.25) is 6.79 Å². The standard InChI is InChI=1S/C19H18N2O5/c1-12(14-4-6-16-18(8-14)26-11-25-16)21-19(22)10-24-15-5-3-13(9-20)7-17(15)23-2/h3-8,12H,10-11H2,1-2H3,(H,21,22)/t12-/m0/s1. The molecule has 1 aliphatic rings. The van der Waals surface area contributed by atoms with Gasteiger partial charge in [-0.3, -0.25) is 4.79 Å². The number of nitriles is 1. The summed E-state index contributed by atoms with van der Waals surface area (Å²) in [6.45, 7) is 1.91. The van der Waals surface area contributed by atoms with Crippen LogP contribution in [0.3, 0.4) is 0 Å². The monoisotopic (exact) mass is 354 g/mol. The Bertz CT molecular complexity index is 859. The molecular weight excluding hydrogens is 336 g/mol. The summed E-state index contributed by atoms with van der Waals surface area (Å²) in [5.74, 6) is 1.89. The number of amides is 1. The molecule has 2 aromatic carbocycles. The van der Waals surface area contributed by atoms with Crippen molar-refractivity contribution in [2.75, 3.05) is 20.5 Å². The van der Waals surface area contributed by atoms with Crippen LogP contribution < -0.4 is 24.3 Å². The van der Waals surface area contributed by atoms with Crippen LogP contribution in [0.15, 0.2) is 36.4 Å². The molecule has 1 atom stereocenters. The highest BCUT2D eigenvalue weighted by Gasteiger charge is 2.17. The van der Waals surface area contributed by atoms with Crippen molar-refractivity contribution in [3.05, 3.63) is 47.5 Å². The number of rotatable bonds is 6. The van der Waals surface area contributed by atoms with Crippen LogP contribution in [0.25, 0.3) is 0 Å². The lowest BCUT2D eigenvalue weighted by atomic mass is 10.1. The van der Waals surface area contributed by atoms with Gasteiger partial charge in [-0.15, -0.1) is 0 Å². The Morgan fingerprint density at radius 2 is 2.04 bits per heavy atom. The first kappa shape index (κ1) is 17.4. The second-order valence-corrected chi connectivity index (χ2v) is 5.67. The molecule has 0 saturated carbocycles. The number of ether oxygens (including phenoxy) is 4. The van der Waals surface area contributed by atoms with E-state index in [4.69, 9.17) is 24.2 Å². The molecule has 1 N–H and O–H groups in total. The van der Waals surface area contributed by atoms with Crippen LogP contribution in [0.2, 0.25) is 0 Å². The number of fused-ring (bicyclic) bond motifs is 1. The van der Waals surface area contributed by atoms with E-state index in [0.29, 0.717) is 28.6 Å². The zero-order valence-electron chi connectivity index (χ0n) is 14.4. The number of benzene rings is 2. The van der Waals surface area contributed by atoms with Gasteiger partial charge in [-0.25, -0.2) is 0 Å². The van der Waals surface area contributed by atoms with Crippen molar-refractivity contribution in [1.82, 2.24) is 5.32 Å². The Balaban J connectivity index is 1.58. The molecule has 0 bridgehead atoms. The minimum atomic E-state index is -0.276. The lowest BCUT2D eigenvalue weighted by Gasteiger charge is -2.16. The molecule has 0 aromatic heterocycles. The van der Waals surface area contributed by atoms with Crippen LogP contribution in [0.5, 0.6) is 23.0 Å². The van der Waals surface area contributed by atoms with Gasteiger partial charge >= 0.3 is 0 Å². The third-order valence-corrected chi connectivity index (χ3v) is 3.93. The molecule has 0 saturated heterocycles. The van der Waals surface area contributed by atoms with E-state index in [0.717, 1.165) is 5.56 Å². The summed E-state index contributed by atoms with van der Waals surface area (Å²) >= 11 is 0. The zero-order valence-corrected chi connectivity index (χ0v) is 14.4. The van der Waals surface area contributed by atoms with Gasteiger partial charge in [-0.05, 0) is 36.8 Å². The first-order valence-electron chi connectivity index (χ1n) is 8.00. The van der Waals surface area contributed by atoms with E-state index < -0.39 is 0 Å². The minimum Gasteiger partial charge on any atom is -0.493 e.